The van der Waals surface area contributed by atoms with Gasteiger partial charge < -0.3 is 14.4 Å². The number of anilines is 2. The van der Waals surface area contributed by atoms with Crippen LogP contribution in [0.3, 0.4) is 0 Å². The predicted octanol–water partition coefficient (Wildman–Crippen LogP) is 1.08. The van der Waals surface area contributed by atoms with Crippen LogP contribution >= 0.6 is 0 Å². The van der Waals surface area contributed by atoms with Crippen molar-refractivity contribution in [2.75, 3.05) is 36.0 Å². The molecule has 0 amide bonds. The zero-order valence-corrected chi connectivity index (χ0v) is 16.0. The first-order valence-corrected chi connectivity index (χ1v) is 9.56. The maximum atomic E-state index is 4.62. The lowest BCUT2D eigenvalue weighted by atomic mass is 10.3. The van der Waals surface area contributed by atoms with Crippen LogP contribution in [0.5, 0.6) is 0 Å². The Morgan fingerprint density at radius 1 is 0.929 bits per heavy atom. The third kappa shape index (κ3) is 2.63. The van der Waals surface area contributed by atoms with Gasteiger partial charge in [0.2, 0.25) is 5.65 Å². The first kappa shape index (κ1) is 16.8. The summed E-state index contributed by atoms with van der Waals surface area (Å²) >= 11 is 0. The Kier molecular flexibility index (Phi) is 4.03. The summed E-state index contributed by atoms with van der Waals surface area (Å²) in [5, 5.41) is 8.68. The topological polar surface area (TPSA) is 93.2 Å². The monoisotopic (exact) mass is 378 g/mol. The lowest BCUT2D eigenvalue weighted by Gasteiger charge is -2.23. The average Bonchev–Trinajstić information content (AvgIpc) is 3.23. The average molecular weight is 378 g/mol. The standard InChI is InChI=1S/C18H22N10/c1-3-13-23-24-18-17(19-5-8-28(13)18)27-7-4-6-26(9-10-27)16-14-15(20-11-21-16)22-12-25(14)2/h5,8,11-12H,3-4,6-7,9-10H2,1-2H3. The number of rotatable bonds is 3. The van der Waals surface area contributed by atoms with E-state index in [9.17, 15) is 0 Å². The van der Waals surface area contributed by atoms with Crippen molar-refractivity contribution in [3.63, 3.8) is 0 Å². The van der Waals surface area contributed by atoms with Gasteiger partial charge in [-0.15, -0.1) is 10.2 Å². The minimum absolute atomic E-state index is 0.732. The molecule has 5 heterocycles. The first-order chi connectivity index (χ1) is 13.8. The summed E-state index contributed by atoms with van der Waals surface area (Å²) < 4.78 is 4.02. The zero-order valence-electron chi connectivity index (χ0n) is 16.0. The molecule has 0 bridgehead atoms. The van der Waals surface area contributed by atoms with Gasteiger partial charge in [0.1, 0.15) is 17.7 Å². The van der Waals surface area contributed by atoms with Crippen LogP contribution in [0, 0.1) is 0 Å². The molecule has 0 radical (unpaired) electrons. The van der Waals surface area contributed by atoms with Crippen LogP contribution in [0.15, 0.2) is 25.0 Å². The molecule has 10 nitrogen and oxygen atoms in total. The Balaban J connectivity index is 1.45. The molecule has 0 unspecified atom stereocenters. The van der Waals surface area contributed by atoms with Crippen molar-refractivity contribution in [2.45, 2.75) is 19.8 Å². The summed E-state index contributed by atoms with van der Waals surface area (Å²) in [4.78, 5) is 22.4. The highest BCUT2D eigenvalue weighted by Gasteiger charge is 2.22. The van der Waals surface area contributed by atoms with E-state index >= 15 is 0 Å². The fourth-order valence-electron chi connectivity index (χ4n) is 3.87. The van der Waals surface area contributed by atoms with Crippen molar-refractivity contribution in [3.05, 3.63) is 30.9 Å². The van der Waals surface area contributed by atoms with E-state index in [-0.39, 0.29) is 0 Å². The van der Waals surface area contributed by atoms with Crippen LogP contribution in [-0.4, -0.2) is 65.3 Å². The molecule has 0 aromatic carbocycles. The molecule has 10 heteroatoms. The van der Waals surface area contributed by atoms with Crippen LogP contribution < -0.4 is 9.80 Å². The van der Waals surface area contributed by atoms with Crippen molar-refractivity contribution in [2.24, 2.45) is 7.05 Å². The summed E-state index contributed by atoms with van der Waals surface area (Å²) in [6.07, 6.45) is 8.99. The molecule has 28 heavy (non-hydrogen) atoms. The second kappa shape index (κ2) is 6.70. The molecule has 0 saturated carbocycles. The second-order valence-corrected chi connectivity index (χ2v) is 6.97. The molecule has 5 rings (SSSR count). The fourth-order valence-corrected chi connectivity index (χ4v) is 3.87. The number of aromatic nitrogens is 8. The summed E-state index contributed by atoms with van der Waals surface area (Å²) in [6.45, 7) is 5.60. The minimum Gasteiger partial charge on any atom is -0.353 e. The van der Waals surface area contributed by atoms with E-state index in [1.54, 1.807) is 12.7 Å². The normalized spacial score (nSPS) is 15.5. The Morgan fingerprint density at radius 2 is 1.75 bits per heavy atom. The van der Waals surface area contributed by atoms with E-state index in [0.717, 1.165) is 73.3 Å². The van der Waals surface area contributed by atoms with E-state index < -0.39 is 0 Å². The molecule has 0 aliphatic carbocycles. The van der Waals surface area contributed by atoms with Crippen LogP contribution in [-0.2, 0) is 13.5 Å². The molecule has 4 aromatic heterocycles. The molecule has 1 aliphatic rings. The second-order valence-electron chi connectivity index (χ2n) is 6.97. The van der Waals surface area contributed by atoms with Gasteiger partial charge in [-0.25, -0.2) is 19.9 Å². The molecule has 144 valence electrons. The highest BCUT2D eigenvalue weighted by atomic mass is 15.3. The molecule has 1 saturated heterocycles. The lowest BCUT2D eigenvalue weighted by molar-refractivity contribution is 0.791. The summed E-state index contributed by atoms with van der Waals surface area (Å²) in [5.74, 6) is 2.79. The van der Waals surface area contributed by atoms with Crippen LogP contribution in [0.25, 0.3) is 16.8 Å². The maximum absolute atomic E-state index is 4.62. The van der Waals surface area contributed by atoms with Gasteiger partial charge in [-0.05, 0) is 6.42 Å². The highest BCUT2D eigenvalue weighted by Crippen LogP contribution is 2.25. The van der Waals surface area contributed by atoms with Gasteiger partial charge in [0, 0.05) is 52.0 Å². The molecule has 0 atom stereocenters. The van der Waals surface area contributed by atoms with Gasteiger partial charge in [0.15, 0.2) is 17.3 Å². The fraction of sp³-hybridized carbons (Fsp3) is 0.444. The number of fused-ring (bicyclic) bond motifs is 2. The third-order valence-corrected chi connectivity index (χ3v) is 5.28. The third-order valence-electron chi connectivity index (χ3n) is 5.28. The largest absolute Gasteiger partial charge is 0.353 e. The van der Waals surface area contributed by atoms with Gasteiger partial charge in [-0.3, -0.25) is 4.40 Å². The SMILES string of the molecule is CCc1nnc2c(N3CCCN(c4ncnc5ncn(C)c45)CC3)nccn12. The molecule has 4 aromatic rings. The van der Waals surface area contributed by atoms with Gasteiger partial charge >= 0.3 is 0 Å². The van der Waals surface area contributed by atoms with E-state index in [1.807, 2.05) is 28.4 Å². The van der Waals surface area contributed by atoms with E-state index in [1.165, 1.54) is 0 Å². The van der Waals surface area contributed by atoms with Gasteiger partial charge in [0.25, 0.3) is 0 Å². The van der Waals surface area contributed by atoms with Crippen molar-refractivity contribution in [1.29, 1.82) is 0 Å². The van der Waals surface area contributed by atoms with E-state index in [0.29, 0.717) is 0 Å². The first-order valence-electron chi connectivity index (χ1n) is 9.56. The van der Waals surface area contributed by atoms with Crippen LogP contribution in [0.4, 0.5) is 11.6 Å². The number of aryl methyl sites for hydroxylation is 2. The van der Waals surface area contributed by atoms with Gasteiger partial charge in [-0.2, -0.15) is 0 Å². The highest BCUT2D eigenvalue weighted by molar-refractivity contribution is 5.83. The molecule has 1 fully saturated rings. The Hall–Kier alpha value is -3.30. The Labute approximate surface area is 161 Å². The van der Waals surface area contributed by atoms with Crippen molar-refractivity contribution >= 4 is 28.4 Å². The summed E-state index contributed by atoms with van der Waals surface area (Å²) in [6, 6.07) is 0. The van der Waals surface area contributed by atoms with Crippen molar-refractivity contribution in [3.8, 4) is 0 Å². The molecular weight excluding hydrogens is 356 g/mol. The number of imidazole rings is 1. The van der Waals surface area contributed by atoms with Crippen molar-refractivity contribution < 1.29 is 0 Å². The Bertz CT molecular complexity index is 1130. The maximum Gasteiger partial charge on any atom is 0.203 e. The molecule has 0 spiro atoms. The van der Waals surface area contributed by atoms with Crippen molar-refractivity contribution in [1.82, 2.24) is 39.1 Å². The van der Waals surface area contributed by atoms with Gasteiger partial charge in [-0.1, -0.05) is 6.92 Å². The van der Waals surface area contributed by atoms with E-state index in [4.69, 9.17) is 0 Å². The zero-order chi connectivity index (χ0) is 19.1. The Morgan fingerprint density at radius 3 is 2.57 bits per heavy atom. The van der Waals surface area contributed by atoms with Gasteiger partial charge in [0.05, 0.1) is 6.33 Å². The summed E-state index contributed by atoms with van der Waals surface area (Å²) in [7, 11) is 1.98. The molecular formula is C18H22N10. The molecule has 1 aliphatic heterocycles. The minimum atomic E-state index is 0.732. The van der Waals surface area contributed by atoms with E-state index in [2.05, 4.69) is 46.9 Å². The number of hydrogen-bond acceptors (Lipinski definition) is 8. The smallest absolute Gasteiger partial charge is 0.203 e. The predicted molar refractivity (Wildman–Crippen MR) is 106 cm³/mol. The van der Waals surface area contributed by atoms with Crippen LogP contribution in [0.1, 0.15) is 19.2 Å². The molecule has 0 N–H and O–H groups in total. The quantitative estimate of drug-likeness (QED) is 0.523. The number of nitrogens with zero attached hydrogens (tertiary/aromatic N) is 10. The van der Waals surface area contributed by atoms with Crippen LogP contribution in [0.2, 0.25) is 0 Å². The number of hydrogen-bond donors (Lipinski definition) is 0. The lowest BCUT2D eigenvalue weighted by Crippen LogP contribution is -2.32. The summed E-state index contributed by atoms with van der Waals surface area (Å²) in [5.41, 5.74) is 2.53.